The third-order valence-corrected chi connectivity index (χ3v) is 6.17. The van der Waals surface area contributed by atoms with Gasteiger partial charge in [0.1, 0.15) is 0 Å². The SMILES string of the molecule is CCOC(=O)c1c(/C=C/C(=O)Nc2c(C)cccc2C(=O)N2CCCC2)c(C)n(CC)c1C. The van der Waals surface area contributed by atoms with Gasteiger partial charge in [0.05, 0.1) is 23.4 Å². The van der Waals surface area contributed by atoms with Gasteiger partial charge in [-0.15, -0.1) is 0 Å². The molecule has 0 bridgehead atoms. The maximum Gasteiger partial charge on any atom is 0.340 e. The molecule has 0 radical (unpaired) electrons. The van der Waals surface area contributed by atoms with Crippen LogP contribution < -0.4 is 5.32 Å². The van der Waals surface area contributed by atoms with E-state index in [9.17, 15) is 14.4 Å². The van der Waals surface area contributed by atoms with E-state index < -0.39 is 5.97 Å². The number of rotatable bonds is 7. The molecule has 0 aliphatic carbocycles. The van der Waals surface area contributed by atoms with Gasteiger partial charge < -0.3 is 19.5 Å². The van der Waals surface area contributed by atoms with E-state index in [1.165, 1.54) is 6.08 Å². The number of para-hydroxylation sites is 1. The van der Waals surface area contributed by atoms with Crippen LogP contribution in [0.15, 0.2) is 24.3 Å². The number of amides is 2. The van der Waals surface area contributed by atoms with Crippen LogP contribution >= 0.6 is 0 Å². The van der Waals surface area contributed by atoms with E-state index in [0.717, 1.165) is 42.9 Å². The van der Waals surface area contributed by atoms with Crippen molar-refractivity contribution < 1.29 is 19.1 Å². The lowest BCUT2D eigenvalue weighted by molar-refractivity contribution is -0.111. The lowest BCUT2D eigenvalue weighted by Gasteiger charge is -2.19. The molecule has 1 saturated heterocycles. The van der Waals surface area contributed by atoms with Crippen LogP contribution in [0.4, 0.5) is 5.69 Å². The minimum atomic E-state index is -0.400. The summed E-state index contributed by atoms with van der Waals surface area (Å²) < 4.78 is 7.27. The Balaban J connectivity index is 1.89. The van der Waals surface area contributed by atoms with Crippen LogP contribution in [0, 0.1) is 20.8 Å². The van der Waals surface area contributed by atoms with Gasteiger partial charge in [-0.1, -0.05) is 12.1 Å². The fourth-order valence-corrected chi connectivity index (χ4v) is 4.47. The summed E-state index contributed by atoms with van der Waals surface area (Å²) in [7, 11) is 0. The number of esters is 1. The minimum absolute atomic E-state index is 0.0634. The molecule has 1 aliphatic heterocycles. The van der Waals surface area contributed by atoms with Gasteiger partial charge in [-0.3, -0.25) is 9.59 Å². The normalized spacial score (nSPS) is 13.5. The standard InChI is InChI=1S/C26H33N3O4/c1-6-29-18(4)20(23(19(29)5)26(32)33-7-2)13-14-22(30)27-24-17(3)11-10-12-21(24)25(31)28-15-8-9-16-28/h10-14H,6-9,15-16H2,1-5H3,(H,27,30)/b14-13+. The quantitative estimate of drug-likeness (QED) is 0.497. The van der Waals surface area contributed by atoms with Crippen molar-refractivity contribution in [1.29, 1.82) is 0 Å². The van der Waals surface area contributed by atoms with E-state index in [1.807, 2.05) is 49.3 Å². The Morgan fingerprint density at radius 1 is 1.06 bits per heavy atom. The molecule has 0 unspecified atom stereocenters. The first-order valence-electron chi connectivity index (χ1n) is 11.5. The Hall–Kier alpha value is -3.35. The largest absolute Gasteiger partial charge is 0.462 e. The number of anilines is 1. The summed E-state index contributed by atoms with van der Waals surface area (Å²) in [5.74, 6) is -0.829. The number of aromatic nitrogens is 1. The number of ether oxygens (including phenoxy) is 1. The predicted octanol–water partition coefficient (Wildman–Crippen LogP) is 4.50. The Bertz CT molecular complexity index is 1090. The van der Waals surface area contributed by atoms with E-state index in [4.69, 9.17) is 4.74 Å². The predicted molar refractivity (Wildman–Crippen MR) is 130 cm³/mol. The molecule has 2 amide bonds. The molecule has 7 heteroatoms. The van der Waals surface area contributed by atoms with Crippen LogP contribution in [0.25, 0.3) is 6.08 Å². The monoisotopic (exact) mass is 451 g/mol. The zero-order valence-electron chi connectivity index (χ0n) is 20.2. The molecule has 1 aliphatic rings. The van der Waals surface area contributed by atoms with E-state index in [1.54, 1.807) is 19.1 Å². The molecular weight excluding hydrogens is 418 g/mol. The van der Waals surface area contributed by atoms with Gasteiger partial charge in [-0.2, -0.15) is 0 Å². The highest BCUT2D eigenvalue weighted by molar-refractivity contribution is 6.09. The molecule has 1 fully saturated rings. The molecule has 7 nitrogen and oxygen atoms in total. The highest BCUT2D eigenvalue weighted by atomic mass is 16.5. The van der Waals surface area contributed by atoms with Crippen molar-refractivity contribution in [3.63, 3.8) is 0 Å². The summed E-state index contributed by atoms with van der Waals surface area (Å²) in [6, 6.07) is 5.45. The van der Waals surface area contributed by atoms with E-state index in [2.05, 4.69) is 5.32 Å². The summed E-state index contributed by atoms with van der Waals surface area (Å²) in [5, 5.41) is 2.89. The number of likely N-dealkylation sites (tertiary alicyclic amines) is 1. The van der Waals surface area contributed by atoms with Crippen molar-refractivity contribution in [3.8, 4) is 0 Å². The summed E-state index contributed by atoms with van der Waals surface area (Å²) in [4.78, 5) is 40.3. The lowest BCUT2D eigenvalue weighted by atomic mass is 10.1. The third-order valence-electron chi connectivity index (χ3n) is 6.17. The number of carbonyl (C=O) groups is 3. The minimum Gasteiger partial charge on any atom is -0.462 e. The number of hydrogen-bond donors (Lipinski definition) is 1. The molecule has 0 spiro atoms. The van der Waals surface area contributed by atoms with Crippen LogP contribution in [0.1, 0.15) is 69.9 Å². The van der Waals surface area contributed by atoms with Gasteiger partial charge in [-0.25, -0.2) is 4.79 Å². The average molecular weight is 452 g/mol. The van der Waals surface area contributed by atoms with Crippen molar-refractivity contribution in [2.45, 2.75) is 54.0 Å². The van der Waals surface area contributed by atoms with Gasteiger partial charge in [0, 0.05) is 42.7 Å². The first kappa shape index (κ1) is 24.3. The Morgan fingerprint density at radius 2 is 1.76 bits per heavy atom. The number of hydrogen-bond acceptors (Lipinski definition) is 4. The van der Waals surface area contributed by atoms with Crippen LogP contribution in [0.3, 0.4) is 0 Å². The van der Waals surface area contributed by atoms with E-state index in [-0.39, 0.29) is 18.4 Å². The summed E-state index contributed by atoms with van der Waals surface area (Å²) >= 11 is 0. The Morgan fingerprint density at radius 3 is 2.39 bits per heavy atom. The number of nitrogens with one attached hydrogen (secondary N) is 1. The van der Waals surface area contributed by atoms with E-state index in [0.29, 0.717) is 28.9 Å². The molecule has 1 aromatic carbocycles. The lowest BCUT2D eigenvalue weighted by Crippen LogP contribution is -2.29. The molecule has 33 heavy (non-hydrogen) atoms. The zero-order chi connectivity index (χ0) is 24.1. The van der Waals surface area contributed by atoms with Gasteiger partial charge in [0.25, 0.3) is 5.91 Å². The van der Waals surface area contributed by atoms with Crippen molar-refractivity contribution in [3.05, 3.63) is 57.9 Å². The molecule has 1 aromatic heterocycles. The van der Waals surface area contributed by atoms with Crippen LogP contribution in [0.2, 0.25) is 0 Å². The number of aryl methyl sites for hydroxylation is 1. The second-order valence-electron chi connectivity index (χ2n) is 8.24. The van der Waals surface area contributed by atoms with Crippen molar-refractivity contribution in [1.82, 2.24) is 9.47 Å². The van der Waals surface area contributed by atoms with Crippen LogP contribution in [-0.4, -0.2) is 46.9 Å². The highest BCUT2D eigenvalue weighted by Crippen LogP contribution is 2.26. The summed E-state index contributed by atoms with van der Waals surface area (Å²) in [6.07, 6.45) is 5.05. The van der Waals surface area contributed by atoms with Crippen LogP contribution in [0.5, 0.6) is 0 Å². The van der Waals surface area contributed by atoms with Crippen LogP contribution in [-0.2, 0) is 16.1 Å². The topological polar surface area (TPSA) is 80.6 Å². The zero-order valence-corrected chi connectivity index (χ0v) is 20.2. The second kappa shape index (κ2) is 10.5. The fraction of sp³-hybridized carbons (Fsp3) is 0.423. The average Bonchev–Trinajstić information content (AvgIpc) is 3.40. The first-order valence-corrected chi connectivity index (χ1v) is 11.5. The van der Waals surface area contributed by atoms with E-state index >= 15 is 0 Å². The number of benzene rings is 1. The number of nitrogens with zero attached hydrogens (tertiary/aromatic N) is 2. The highest BCUT2D eigenvalue weighted by Gasteiger charge is 2.24. The third kappa shape index (κ3) is 5.02. The Labute approximate surface area is 195 Å². The second-order valence-corrected chi connectivity index (χ2v) is 8.24. The van der Waals surface area contributed by atoms with Gasteiger partial charge in [0.15, 0.2) is 0 Å². The van der Waals surface area contributed by atoms with Crippen molar-refractivity contribution >= 4 is 29.5 Å². The maximum atomic E-state index is 13.0. The maximum absolute atomic E-state index is 13.0. The summed E-state index contributed by atoms with van der Waals surface area (Å²) in [5.41, 5.74) is 4.68. The Kier molecular flexibility index (Phi) is 7.74. The van der Waals surface area contributed by atoms with Crippen molar-refractivity contribution in [2.75, 3.05) is 25.0 Å². The molecule has 3 rings (SSSR count). The molecule has 0 atom stereocenters. The molecular formula is C26H33N3O4. The van der Waals surface area contributed by atoms with Crippen molar-refractivity contribution in [2.24, 2.45) is 0 Å². The fourth-order valence-electron chi connectivity index (χ4n) is 4.47. The summed E-state index contributed by atoms with van der Waals surface area (Å²) in [6.45, 7) is 11.9. The smallest absolute Gasteiger partial charge is 0.340 e. The molecule has 0 saturated carbocycles. The number of carbonyl (C=O) groups excluding carboxylic acids is 3. The van der Waals surface area contributed by atoms with Gasteiger partial charge in [-0.05, 0) is 65.2 Å². The van der Waals surface area contributed by atoms with Gasteiger partial charge in [0.2, 0.25) is 5.91 Å². The first-order chi connectivity index (χ1) is 15.8. The molecule has 1 N–H and O–H groups in total. The molecule has 176 valence electrons. The van der Waals surface area contributed by atoms with Gasteiger partial charge >= 0.3 is 5.97 Å². The molecule has 2 heterocycles. The molecule has 2 aromatic rings.